The Morgan fingerprint density at radius 1 is 0.524 bits per heavy atom. The summed E-state index contributed by atoms with van der Waals surface area (Å²) in [7, 11) is 2.65. The number of esters is 4. The molecule has 0 spiro atoms. The van der Waals surface area contributed by atoms with Crippen molar-refractivity contribution >= 4 is 50.2 Å². The predicted molar refractivity (Wildman–Crippen MR) is 236 cm³/mol. The van der Waals surface area contributed by atoms with E-state index in [1.54, 1.807) is 121 Å². The van der Waals surface area contributed by atoms with Gasteiger partial charge in [0.05, 0.1) is 33.6 Å². The van der Waals surface area contributed by atoms with Crippen molar-refractivity contribution in [3.63, 3.8) is 0 Å². The fourth-order valence-electron chi connectivity index (χ4n) is 6.77. The van der Waals surface area contributed by atoms with E-state index in [1.165, 1.54) is 20.7 Å². The van der Waals surface area contributed by atoms with Gasteiger partial charge in [0.1, 0.15) is 12.7 Å². The van der Waals surface area contributed by atoms with E-state index >= 15 is 0 Å². The summed E-state index contributed by atoms with van der Waals surface area (Å²) in [5.41, 5.74) is 3.22. The maximum atomic E-state index is 14.1. The minimum absolute atomic E-state index is 0.176. The first-order chi connectivity index (χ1) is 30.8. The second-order valence-corrected chi connectivity index (χ2v) is 16.2. The first-order valence-corrected chi connectivity index (χ1v) is 22.0. The highest BCUT2D eigenvalue weighted by Gasteiger charge is 2.53. The van der Waals surface area contributed by atoms with Crippen molar-refractivity contribution in [1.29, 1.82) is 0 Å². The van der Waals surface area contributed by atoms with Crippen LogP contribution in [0.3, 0.4) is 0 Å². The highest BCUT2D eigenvalue weighted by molar-refractivity contribution is 7.67. The smallest absolute Gasteiger partial charge is 0.338 e. The molecule has 12 nitrogen and oxygen atoms in total. The molecule has 0 aliphatic carbocycles. The highest BCUT2D eigenvalue weighted by Crippen LogP contribution is 2.32. The zero-order valence-corrected chi connectivity index (χ0v) is 35.3. The molecule has 316 valence electrons. The van der Waals surface area contributed by atoms with Gasteiger partial charge in [-0.15, -0.1) is 0 Å². The topological polar surface area (TPSA) is 144 Å². The lowest BCUT2D eigenvalue weighted by Crippen LogP contribution is -2.62. The number of hydrogen-bond acceptors (Lipinski definition) is 13. The van der Waals surface area contributed by atoms with Gasteiger partial charge in [0.15, 0.2) is 24.5 Å². The quantitative estimate of drug-likeness (QED) is 0.0673. The molecule has 8 rings (SSSR count). The molecular formula is C49H39N3O9S2. The van der Waals surface area contributed by atoms with Crippen LogP contribution in [0.15, 0.2) is 186 Å². The second kappa shape index (κ2) is 20.1. The van der Waals surface area contributed by atoms with Gasteiger partial charge in [-0.25, -0.2) is 29.2 Å². The first-order valence-electron chi connectivity index (χ1n) is 19.9. The van der Waals surface area contributed by atoms with Crippen molar-refractivity contribution in [2.45, 2.75) is 37.6 Å². The zero-order valence-electron chi connectivity index (χ0n) is 33.7. The fraction of sp³-hybridized carbons (Fsp3) is 0.143. The molecule has 0 radical (unpaired) electrons. The summed E-state index contributed by atoms with van der Waals surface area (Å²) in [5, 5.41) is 0. The van der Waals surface area contributed by atoms with Crippen LogP contribution < -0.4 is 9.60 Å². The zero-order chi connectivity index (χ0) is 43.5. The molecule has 7 aromatic rings. The van der Waals surface area contributed by atoms with Crippen molar-refractivity contribution in [2.24, 2.45) is 9.98 Å². The predicted octanol–water partition coefficient (Wildman–Crippen LogP) is 8.30. The molecule has 6 aromatic carbocycles. The molecule has 5 atom stereocenters. The number of para-hydroxylation sites is 2. The lowest BCUT2D eigenvalue weighted by molar-refractivity contribution is -0.227. The number of rotatable bonds is 12. The van der Waals surface area contributed by atoms with Crippen molar-refractivity contribution in [2.75, 3.05) is 6.61 Å². The minimum Gasteiger partial charge on any atom is -0.459 e. The molecule has 1 aromatic heterocycles. The molecule has 0 saturated carbocycles. The SMILES string of the molecule is Cc1ccccc1-n1c(=Nc2ccccc2)ss/c1=N\[C@@H]1O[C@H](COC(=O)c2ccccc2)[C@@H](OC(=O)c2ccccc2)[C@H](OC(=O)c2ccccc2)[C@H]1OC(=O)c1ccccc1. The van der Waals surface area contributed by atoms with Crippen LogP contribution in [0.1, 0.15) is 47.0 Å². The average molecular weight is 878 g/mol. The molecule has 63 heavy (non-hydrogen) atoms. The number of benzene rings is 6. The summed E-state index contributed by atoms with van der Waals surface area (Å²) < 4.78 is 33.2. The molecule has 14 heteroatoms. The van der Waals surface area contributed by atoms with E-state index in [0.29, 0.717) is 15.3 Å². The monoisotopic (exact) mass is 877 g/mol. The molecule has 0 bridgehead atoms. The third kappa shape index (κ3) is 10.3. The first kappa shape index (κ1) is 42.4. The van der Waals surface area contributed by atoms with Crippen LogP contribution in [0.2, 0.25) is 0 Å². The average Bonchev–Trinajstić information content (AvgIpc) is 3.72. The van der Waals surface area contributed by atoms with E-state index in [1.807, 2.05) is 66.1 Å². The molecule has 1 aliphatic rings. The van der Waals surface area contributed by atoms with Crippen molar-refractivity contribution in [3.05, 3.63) is 213 Å². The van der Waals surface area contributed by atoms with Gasteiger partial charge in [-0.05, 0) is 99.9 Å². The van der Waals surface area contributed by atoms with E-state index in [0.717, 1.165) is 11.3 Å². The van der Waals surface area contributed by atoms with E-state index in [-0.39, 0.29) is 22.3 Å². The lowest BCUT2D eigenvalue weighted by atomic mass is 9.97. The Bertz CT molecular complexity index is 2820. The number of hydrogen-bond donors (Lipinski definition) is 0. The highest BCUT2D eigenvalue weighted by atomic mass is 32.9. The Balaban J connectivity index is 1.30. The minimum atomic E-state index is -1.56. The maximum Gasteiger partial charge on any atom is 0.338 e. The Hall–Kier alpha value is -7.26. The summed E-state index contributed by atoms with van der Waals surface area (Å²) in [5.74, 6) is -3.06. The van der Waals surface area contributed by atoms with Crippen LogP contribution in [0, 0.1) is 6.92 Å². The van der Waals surface area contributed by atoms with Crippen LogP contribution in [0.5, 0.6) is 0 Å². The number of carbonyl (C=O) groups excluding carboxylic acids is 4. The van der Waals surface area contributed by atoms with Crippen LogP contribution >= 0.6 is 20.7 Å². The third-order valence-corrected chi connectivity index (χ3v) is 12.0. The van der Waals surface area contributed by atoms with Gasteiger partial charge >= 0.3 is 23.9 Å². The maximum absolute atomic E-state index is 14.1. The normalized spacial score (nSPS) is 18.8. The Kier molecular flexibility index (Phi) is 13.5. The van der Waals surface area contributed by atoms with Crippen LogP contribution in [0.4, 0.5) is 5.69 Å². The number of aromatic nitrogens is 1. The van der Waals surface area contributed by atoms with Gasteiger partial charge in [0.2, 0.25) is 9.60 Å². The molecule has 2 heterocycles. The molecule has 0 unspecified atom stereocenters. The summed E-state index contributed by atoms with van der Waals surface area (Å²) in [4.78, 5) is 66.7. The molecular weight excluding hydrogens is 839 g/mol. The van der Waals surface area contributed by atoms with Gasteiger partial charge in [-0.1, -0.05) is 109 Å². The largest absolute Gasteiger partial charge is 0.459 e. The second-order valence-electron chi connectivity index (χ2n) is 14.2. The molecule has 1 fully saturated rings. The van der Waals surface area contributed by atoms with Crippen LogP contribution in [-0.2, 0) is 23.7 Å². The molecule has 1 aliphatic heterocycles. The van der Waals surface area contributed by atoms with Gasteiger partial charge in [-0.3, -0.25) is 4.57 Å². The van der Waals surface area contributed by atoms with Crippen molar-refractivity contribution < 1.29 is 42.9 Å². The number of aryl methyl sites for hydroxylation is 1. The van der Waals surface area contributed by atoms with E-state index in [2.05, 4.69) is 0 Å². The Labute approximate surface area is 369 Å². The summed E-state index contributed by atoms with van der Waals surface area (Å²) >= 11 is 0. The molecule has 0 amide bonds. The lowest BCUT2D eigenvalue weighted by Gasteiger charge is -2.43. The van der Waals surface area contributed by atoms with Gasteiger partial charge < -0.3 is 23.7 Å². The summed E-state index contributed by atoms with van der Waals surface area (Å²) in [6, 6.07) is 50.2. The summed E-state index contributed by atoms with van der Waals surface area (Å²) in [6.07, 6.45) is -7.36. The van der Waals surface area contributed by atoms with Crippen LogP contribution in [0.25, 0.3) is 5.69 Å². The van der Waals surface area contributed by atoms with E-state index in [9.17, 15) is 19.2 Å². The standard InChI is InChI=1S/C49H39N3O9S2/c1-32-19-17-18-30-38(32)52-48(50-37-28-15-6-16-29-37)62-63-49(52)51-43-42(61-47(56)36-26-13-5-14-27-36)41(60-46(55)35-24-11-4-12-25-35)40(59-45(54)34-22-9-3-10-23-34)39(58-43)31-57-44(53)33-20-7-2-8-21-33/h2-30,39-43H,31H2,1H3/b50-48?,51-49-/t39-,40-,41+,42-,43-/m1/s1. The van der Waals surface area contributed by atoms with Gasteiger partial charge in [0, 0.05) is 0 Å². The Morgan fingerprint density at radius 2 is 0.952 bits per heavy atom. The summed E-state index contributed by atoms with van der Waals surface area (Å²) in [6.45, 7) is 1.48. The van der Waals surface area contributed by atoms with Crippen LogP contribution in [-0.4, -0.2) is 65.7 Å². The van der Waals surface area contributed by atoms with E-state index < -0.39 is 61.1 Å². The van der Waals surface area contributed by atoms with Crippen molar-refractivity contribution in [3.8, 4) is 5.69 Å². The van der Waals surface area contributed by atoms with Crippen molar-refractivity contribution in [1.82, 2.24) is 4.57 Å². The Morgan fingerprint density at radius 3 is 1.48 bits per heavy atom. The fourth-order valence-corrected chi connectivity index (χ4v) is 8.92. The van der Waals surface area contributed by atoms with Gasteiger partial charge in [-0.2, -0.15) is 0 Å². The van der Waals surface area contributed by atoms with Gasteiger partial charge in [0.25, 0.3) is 0 Å². The number of ether oxygens (including phenoxy) is 5. The number of nitrogens with zero attached hydrogens (tertiary/aromatic N) is 3. The third-order valence-electron chi connectivity index (χ3n) is 9.90. The van der Waals surface area contributed by atoms with E-state index in [4.69, 9.17) is 33.7 Å². The molecule has 0 N–H and O–H groups in total. The molecule has 1 saturated heterocycles. The number of carbonyl (C=O) groups is 4.